The summed E-state index contributed by atoms with van der Waals surface area (Å²) in [5, 5.41) is 10.3. The lowest BCUT2D eigenvalue weighted by Crippen LogP contribution is -2.28. The Morgan fingerprint density at radius 2 is 1.82 bits per heavy atom. The second-order valence-corrected chi connectivity index (χ2v) is 11.4. The van der Waals surface area contributed by atoms with Gasteiger partial charge in [0.1, 0.15) is 11.3 Å². The van der Waals surface area contributed by atoms with E-state index in [1.54, 1.807) is 30.0 Å². The highest BCUT2D eigenvalue weighted by molar-refractivity contribution is 7.99. The van der Waals surface area contributed by atoms with E-state index >= 15 is 0 Å². The van der Waals surface area contributed by atoms with Crippen LogP contribution in [0.1, 0.15) is 29.7 Å². The van der Waals surface area contributed by atoms with Crippen molar-refractivity contribution >= 4 is 35.1 Å². The van der Waals surface area contributed by atoms with Crippen LogP contribution >= 0.6 is 24.2 Å². The average molecular weight is 578 g/mol. The van der Waals surface area contributed by atoms with Crippen molar-refractivity contribution in [1.82, 2.24) is 24.6 Å². The number of thioether (sulfide) groups is 1. The number of likely N-dealkylation sites (tertiary alicyclic amines) is 1. The summed E-state index contributed by atoms with van der Waals surface area (Å²) >= 11 is 1.63. The SMILES string of the molecule is Cc1ccc2c(-c3nnc(SCCCN4C[C@@H]5C[C@]5(c5ccc(C(F)(F)F)cc5)C4)n3C)ccc(F)c2n1.Cl. The molecule has 11 heteroatoms. The van der Waals surface area contributed by atoms with Crippen LogP contribution in [0.25, 0.3) is 22.3 Å². The molecule has 1 saturated carbocycles. The minimum atomic E-state index is -4.30. The maximum Gasteiger partial charge on any atom is 0.416 e. The van der Waals surface area contributed by atoms with E-state index in [2.05, 4.69) is 20.1 Å². The monoisotopic (exact) mass is 577 g/mol. The molecule has 2 aromatic heterocycles. The lowest BCUT2D eigenvalue weighted by Gasteiger charge is -2.21. The maximum atomic E-state index is 14.4. The number of hydrogen-bond acceptors (Lipinski definition) is 5. The number of fused-ring (bicyclic) bond motifs is 2. The summed E-state index contributed by atoms with van der Waals surface area (Å²) in [5.74, 6) is 1.70. The molecule has 206 valence electrons. The highest BCUT2D eigenvalue weighted by Crippen LogP contribution is 2.59. The zero-order valence-corrected chi connectivity index (χ0v) is 23.1. The van der Waals surface area contributed by atoms with Crippen molar-refractivity contribution in [1.29, 1.82) is 0 Å². The van der Waals surface area contributed by atoms with E-state index in [-0.39, 0.29) is 23.6 Å². The van der Waals surface area contributed by atoms with Gasteiger partial charge in [0.25, 0.3) is 0 Å². The van der Waals surface area contributed by atoms with Crippen LogP contribution in [-0.4, -0.2) is 50.0 Å². The number of benzene rings is 2. The highest BCUT2D eigenvalue weighted by Gasteiger charge is 2.60. The molecule has 2 aromatic carbocycles. The first-order chi connectivity index (χ1) is 18.2. The van der Waals surface area contributed by atoms with E-state index in [4.69, 9.17) is 0 Å². The molecule has 3 heterocycles. The number of hydrogen-bond donors (Lipinski definition) is 0. The first-order valence-electron chi connectivity index (χ1n) is 12.6. The van der Waals surface area contributed by atoms with Gasteiger partial charge in [0.15, 0.2) is 11.0 Å². The van der Waals surface area contributed by atoms with Gasteiger partial charge < -0.3 is 9.47 Å². The predicted octanol–water partition coefficient (Wildman–Crippen LogP) is 6.67. The minimum Gasteiger partial charge on any atom is -0.305 e. The zero-order chi connectivity index (χ0) is 26.7. The van der Waals surface area contributed by atoms with Gasteiger partial charge in [-0.1, -0.05) is 30.0 Å². The molecule has 1 aliphatic carbocycles. The third-order valence-corrected chi connectivity index (χ3v) is 8.98. The summed E-state index contributed by atoms with van der Waals surface area (Å²) in [5.41, 5.74) is 2.33. The summed E-state index contributed by atoms with van der Waals surface area (Å²) in [7, 11) is 1.91. The fourth-order valence-corrected chi connectivity index (χ4v) is 6.63. The number of halogens is 5. The summed E-state index contributed by atoms with van der Waals surface area (Å²) in [6.45, 7) is 4.66. The van der Waals surface area contributed by atoms with Gasteiger partial charge in [0.05, 0.1) is 5.56 Å². The first kappa shape index (κ1) is 27.9. The van der Waals surface area contributed by atoms with Gasteiger partial charge in [-0.05, 0) is 68.1 Å². The Hall–Kier alpha value is -2.69. The van der Waals surface area contributed by atoms with E-state index in [1.807, 2.05) is 30.7 Å². The molecular formula is C28H28ClF4N5S. The zero-order valence-electron chi connectivity index (χ0n) is 21.5. The fourth-order valence-electron chi connectivity index (χ4n) is 5.80. The fraction of sp³-hybridized carbons (Fsp3) is 0.393. The molecule has 2 atom stereocenters. The number of rotatable bonds is 7. The molecule has 0 radical (unpaired) electrons. The van der Waals surface area contributed by atoms with Crippen molar-refractivity contribution in [2.75, 3.05) is 25.4 Å². The third-order valence-electron chi connectivity index (χ3n) is 7.88. The van der Waals surface area contributed by atoms with Crippen molar-refractivity contribution < 1.29 is 17.6 Å². The molecule has 0 unspecified atom stereocenters. The van der Waals surface area contributed by atoms with Crippen LogP contribution in [0.3, 0.4) is 0 Å². The molecule has 5 nitrogen and oxygen atoms in total. The van der Waals surface area contributed by atoms with Crippen LogP contribution in [-0.2, 0) is 18.6 Å². The number of aryl methyl sites for hydroxylation is 1. The second-order valence-electron chi connectivity index (χ2n) is 10.4. The number of aromatic nitrogens is 4. The predicted molar refractivity (Wildman–Crippen MR) is 147 cm³/mol. The molecular weight excluding hydrogens is 550 g/mol. The molecule has 0 bridgehead atoms. The van der Waals surface area contributed by atoms with E-state index in [9.17, 15) is 17.6 Å². The molecule has 1 saturated heterocycles. The van der Waals surface area contributed by atoms with Crippen LogP contribution in [0.15, 0.2) is 53.7 Å². The van der Waals surface area contributed by atoms with E-state index in [0.29, 0.717) is 22.6 Å². The number of piperidine rings is 1. The lowest BCUT2D eigenvalue weighted by atomic mass is 9.94. The Bertz CT molecular complexity index is 1510. The lowest BCUT2D eigenvalue weighted by molar-refractivity contribution is -0.137. The standard InChI is InChI=1S/C28H27F4N5S.ClH/c1-17-4-9-21-22(10-11-23(29)24(21)33-17)25-34-35-26(36(25)2)38-13-3-12-37-15-20-14-27(20,16-37)18-5-7-19(8-6-18)28(30,31)32;/h4-11,20H,3,12-16H2,1-2H3;1H/t20-,27+;/m0./s1. The summed E-state index contributed by atoms with van der Waals surface area (Å²) in [6, 6.07) is 12.6. The Labute approximate surface area is 234 Å². The van der Waals surface area contributed by atoms with Crippen LogP contribution in [0.5, 0.6) is 0 Å². The van der Waals surface area contributed by atoms with Gasteiger partial charge in [0, 0.05) is 47.9 Å². The minimum absolute atomic E-state index is 0. The molecule has 4 aromatic rings. The molecule has 0 N–H and O–H groups in total. The van der Waals surface area contributed by atoms with Crippen molar-refractivity contribution in [2.45, 2.75) is 36.5 Å². The van der Waals surface area contributed by atoms with Crippen molar-refractivity contribution in [3.05, 3.63) is 71.2 Å². The normalized spacial score (nSPS) is 20.7. The molecule has 2 aliphatic rings. The molecule has 39 heavy (non-hydrogen) atoms. The Balaban J connectivity index is 0.00000308. The number of nitrogens with zero attached hydrogens (tertiary/aromatic N) is 5. The second kappa shape index (κ2) is 10.4. The smallest absolute Gasteiger partial charge is 0.305 e. The maximum absolute atomic E-state index is 14.4. The van der Waals surface area contributed by atoms with E-state index in [1.165, 1.54) is 18.2 Å². The van der Waals surface area contributed by atoms with Gasteiger partial charge in [-0.15, -0.1) is 22.6 Å². The molecule has 0 amide bonds. The molecule has 1 aliphatic heterocycles. The average Bonchev–Trinajstić information content (AvgIpc) is 3.27. The summed E-state index contributed by atoms with van der Waals surface area (Å²) in [6.07, 6.45) is -2.28. The van der Waals surface area contributed by atoms with Gasteiger partial charge >= 0.3 is 6.18 Å². The third kappa shape index (κ3) is 5.14. The van der Waals surface area contributed by atoms with Crippen LogP contribution in [0.2, 0.25) is 0 Å². The molecule has 0 spiro atoms. The Kier molecular flexibility index (Phi) is 7.41. The van der Waals surface area contributed by atoms with Gasteiger partial charge in [0.2, 0.25) is 0 Å². The molecule has 2 fully saturated rings. The van der Waals surface area contributed by atoms with E-state index in [0.717, 1.165) is 60.2 Å². The van der Waals surface area contributed by atoms with Crippen LogP contribution < -0.4 is 0 Å². The molecule has 6 rings (SSSR count). The summed E-state index contributed by atoms with van der Waals surface area (Å²) < 4.78 is 55.1. The topological polar surface area (TPSA) is 46.8 Å². The van der Waals surface area contributed by atoms with Gasteiger partial charge in [-0.2, -0.15) is 13.2 Å². The van der Waals surface area contributed by atoms with Gasteiger partial charge in [-0.3, -0.25) is 4.98 Å². The van der Waals surface area contributed by atoms with Crippen molar-refractivity contribution in [2.24, 2.45) is 13.0 Å². The van der Waals surface area contributed by atoms with Crippen LogP contribution in [0, 0.1) is 18.7 Å². The Morgan fingerprint density at radius 1 is 1.05 bits per heavy atom. The quantitative estimate of drug-likeness (QED) is 0.139. The number of alkyl halides is 3. The first-order valence-corrected chi connectivity index (χ1v) is 13.6. The van der Waals surface area contributed by atoms with Crippen molar-refractivity contribution in [3.8, 4) is 11.4 Å². The van der Waals surface area contributed by atoms with Crippen LogP contribution in [0.4, 0.5) is 17.6 Å². The largest absolute Gasteiger partial charge is 0.416 e. The Morgan fingerprint density at radius 3 is 2.56 bits per heavy atom. The number of pyridine rings is 1. The van der Waals surface area contributed by atoms with E-state index < -0.39 is 11.7 Å². The summed E-state index contributed by atoms with van der Waals surface area (Å²) in [4.78, 5) is 6.78. The van der Waals surface area contributed by atoms with Gasteiger partial charge in [-0.25, -0.2) is 4.39 Å². The highest BCUT2D eigenvalue weighted by atomic mass is 35.5. The van der Waals surface area contributed by atoms with Crippen molar-refractivity contribution in [3.63, 3.8) is 0 Å².